The summed E-state index contributed by atoms with van der Waals surface area (Å²) in [4.78, 5) is 23.0. The van der Waals surface area contributed by atoms with Crippen LogP contribution in [-0.4, -0.2) is 27.6 Å². The number of carboxylic acids is 1. The first-order valence-corrected chi connectivity index (χ1v) is 7.12. The van der Waals surface area contributed by atoms with Crippen LogP contribution in [0.2, 0.25) is 0 Å². The first kappa shape index (κ1) is 15.1. The van der Waals surface area contributed by atoms with Crippen LogP contribution in [0.5, 0.6) is 0 Å². The van der Waals surface area contributed by atoms with Gasteiger partial charge in [-0.15, -0.1) is 0 Å². The van der Waals surface area contributed by atoms with Crippen molar-refractivity contribution in [2.45, 2.75) is 39.3 Å². The number of benzene rings is 1. The van der Waals surface area contributed by atoms with E-state index in [1.54, 1.807) is 29.0 Å². The summed E-state index contributed by atoms with van der Waals surface area (Å²) < 4.78 is 1.77. The first-order chi connectivity index (χ1) is 10.0. The highest BCUT2D eigenvalue weighted by Gasteiger charge is 2.11. The van der Waals surface area contributed by atoms with Gasteiger partial charge in [0.15, 0.2) is 0 Å². The molecule has 2 aromatic rings. The second-order valence-corrected chi connectivity index (χ2v) is 5.28. The van der Waals surface area contributed by atoms with Crippen LogP contribution in [0.1, 0.15) is 37.0 Å². The van der Waals surface area contributed by atoms with Crippen LogP contribution in [0.3, 0.4) is 0 Å². The maximum atomic E-state index is 12.0. The summed E-state index contributed by atoms with van der Waals surface area (Å²) in [7, 11) is 0. The molecule has 2 N–H and O–H groups in total. The summed E-state index contributed by atoms with van der Waals surface area (Å²) in [6, 6.07) is 6.95. The normalized spacial score (nSPS) is 12.3. The van der Waals surface area contributed by atoms with Gasteiger partial charge in [0.05, 0.1) is 5.56 Å². The molecule has 1 aromatic heterocycles. The van der Waals surface area contributed by atoms with Crippen LogP contribution >= 0.6 is 0 Å². The van der Waals surface area contributed by atoms with Gasteiger partial charge >= 0.3 is 5.97 Å². The van der Waals surface area contributed by atoms with Gasteiger partial charge in [-0.05, 0) is 36.9 Å². The maximum absolute atomic E-state index is 12.0. The van der Waals surface area contributed by atoms with E-state index in [2.05, 4.69) is 12.2 Å². The molecule has 5 nitrogen and oxygen atoms in total. The van der Waals surface area contributed by atoms with Gasteiger partial charge in [-0.3, -0.25) is 4.79 Å². The van der Waals surface area contributed by atoms with E-state index in [0.29, 0.717) is 0 Å². The molecule has 1 heterocycles. The van der Waals surface area contributed by atoms with Crippen LogP contribution in [0, 0.1) is 0 Å². The highest BCUT2D eigenvalue weighted by Crippen LogP contribution is 2.17. The summed E-state index contributed by atoms with van der Waals surface area (Å²) in [6.07, 6.45) is 3.78. The van der Waals surface area contributed by atoms with Gasteiger partial charge in [-0.25, -0.2) is 4.79 Å². The highest BCUT2D eigenvalue weighted by molar-refractivity contribution is 5.94. The third-order valence-corrected chi connectivity index (χ3v) is 3.46. The Hall–Kier alpha value is -2.30. The van der Waals surface area contributed by atoms with E-state index in [0.717, 1.165) is 23.7 Å². The van der Waals surface area contributed by atoms with Crippen LogP contribution in [0.4, 0.5) is 0 Å². The smallest absolute Gasteiger partial charge is 0.335 e. The monoisotopic (exact) mass is 288 g/mol. The molecule has 112 valence electrons. The first-order valence-electron chi connectivity index (χ1n) is 7.12. The molecule has 0 aliphatic rings. The van der Waals surface area contributed by atoms with Crippen LogP contribution in [0.15, 0.2) is 30.5 Å². The number of carbonyl (C=O) groups excluding carboxylic acids is 1. The summed E-state index contributed by atoms with van der Waals surface area (Å²) in [6.45, 7) is 4.26. The topological polar surface area (TPSA) is 71.3 Å². The number of aromatic nitrogens is 1. The molecule has 0 bridgehead atoms. The van der Waals surface area contributed by atoms with Crippen molar-refractivity contribution in [3.05, 3.63) is 36.0 Å². The number of carboxylic acid groups (broad SMARTS) is 1. The Morgan fingerprint density at radius 1 is 1.33 bits per heavy atom. The predicted octanol–water partition coefficient (Wildman–Crippen LogP) is 2.64. The molecule has 5 heteroatoms. The van der Waals surface area contributed by atoms with Crippen LogP contribution in [0.25, 0.3) is 10.9 Å². The van der Waals surface area contributed by atoms with Crippen molar-refractivity contribution < 1.29 is 14.7 Å². The standard InChI is InChI=1S/C16H20N2O3/c1-3-4-11(2)17-15(19)10-18-8-7-12-5-6-13(16(20)21)9-14(12)18/h5-9,11H,3-4,10H2,1-2H3,(H,17,19)(H,20,21). The van der Waals surface area contributed by atoms with Crippen molar-refractivity contribution in [1.29, 1.82) is 0 Å². The quantitative estimate of drug-likeness (QED) is 0.858. The number of amides is 1. The average Bonchev–Trinajstić information content (AvgIpc) is 2.81. The van der Waals surface area contributed by atoms with Crippen molar-refractivity contribution in [1.82, 2.24) is 9.88 Å². The summed E-state index contributed by atoms with van der Waals surface area (Å²) in [5.41, 5.74) is 0.982. The Kier molecular flexibility index (Phi) is 4.62. The molecule has 1 aromatic carbocycles. The van der Waals surface area contributed by atoms with Crippen molar-refractivity contribution in [2.24, 2.45) is 0 Å². The minimum Gasteiger partial charge on any atom is -0.478 e. The maximum Gasteiger partial charge on any atom is 0.335 e. The summed E-state index contributed by atoms with van der Waals surface area (Å²) >= 11 is 0. The van der Waals surface area contributed by atoms with E-state index in [1.165, 1.54) is 0 Å². The van der Waals surface area contributed by atoms with Gasteiger partial charge < -0.3 is 15.0 Å². The van der Waals surface area contributed by atoms with Gasteiger partial charge in [-0.2, -0.15) is 0 Å². The molecule has 0 fully saturated rings. The number of rotatable bonds is 6. The molecular formula is C16H20N2O3. The molecule has 21 heavy (non-hydrogen) atoms. The average molecular weight is 288 g/mol. The number of fused-ring (bicyclic) bond motifs is 1. The second kappa shape index (κ2) is 6.43. The van der Waals surface area contributed by atoms with Crippen molar-refractivity contribution in [2.75, 3.05) is 0 Å². The van der Waals surface area contributed by atoms with Gasteiger partial charge in [0.1, 0.15) is 6.54 Å². The molecule has 0 spiro atoms. The Morgan fingerprint density at radius 2 is 2.10 bits per heavy atom. The lowest BCUT2D eigenvalue weighted by Crippen LogP contribution is -2.34. The number of carbonyl (C=O) groups is 2. The lowest BCUT2D eigenvalue weighted by molar-refractivity contribution is -0.122. The number of hydrogen-bond acceptors (Lipinski definition) is 2. The van der Waals surface area contributed by atoms with E-state index >= 15 is 0 Å². The summed E-state index contributed by atoms with van der Waals surface area (Å²) in [5.74, 6) is -1.03. The van der Waals surface area contributed by atoms with Crippen LogP contribution < -0.4 is 5.32 Å². The molecule has 0 aliphatic carbocycles. The molecule has 1 unspecified atom stereocenters. The zero-order valence-corrected chi connectivity index (χ0v) is 12.3. The summed E-state index contributed by atoms with van der Waals surface area (Å²) in [5, 5.41) is 12.9. The lowest BCUT2D eigenvalue weighted by atomic mass is 10.1. The van der Waals surface area contributed by atoms with Gasteiger partial charge in [0.25, 0.3) is 0 Å². The van der Waals surface area contributed by atoms with Crippen molar-refractivity contribution in [3.8, 4) is 0 Å². The Labute approximate surface area is 123 Å². The molecule has 0 aliphatic heterocycles. The zero-order valence-electron chi connectivity index (χ0n) is 12.3. The molecule has 1 atom stereocenters. The van der Waals surface area contributed by atoms with Gasteiger partial charge in [0, 0.05) is 17.8 Å². The molecule has 0 saturated carbocycles. The highest BCUT2D eigenvalue weighted by atomic mass is 16.4. The van der Waals surface area contributed by atoms with E-state index in [1.807, 2.05) is 13.0 Å². The SMILES string of the molecule is CCCC(C)NC(=O)Cn1ccc2ccc(C(=O)O)cc21. The van der Waals surface area contributed by atoms with E-state index < -0.39 is 5.97 Å². The van der Waals surface area contributed by atoms with Crippen molar-refractivity contribution >= 4 is 22.8 Å². The fourth-order valence-corrected chi connectivity index (χ4v) is 2.44. The Bertz CT molecular complexity index is 661. The predicted molar refractivity (Wildman–Crippen MR) is 81.4 cm³/mol. The fraction of sp³-hybridized carbons (Fsp3) is 0.375. The minimum atomic E-state index is -0.967. The molecule has 1 amide bonds. The Balaban J connectivity index is 2.16. The van der Waals surface area contributed by atoms with Gasteiger partial charge in [-0.1, -0.05) is 19.4 Å². The molecule has 0 saturated heterocycles. The van der Waals surface area contributed by atoms with Gasteiger partial charge in [0.2, 0.25) is 5.91 Å². The largest absolute Gasteiger partial charge is 0.478 e. The molecule has 0 radical (unpaired) electrons. The third-order valence-electron chi connectivity index (χ3n) is 3.46. The second-order valence-electron chi connectivity index (χ2n) is 5.28. The van der Waals surface area contributed by atoms with E-state index in [9.17, 15) is 9.59 Å². The Morgan fingerprint density at radius 3 is 2.76 bits per heavy atom. The van der Waals surface area contributed by atoms with Crippen molar-refractivity contribution in [3.63, 3.8) is 0 Å². The van der Waals surface area contributed by atoms with Crippen LogP contribution in [-0.2, 0) is 11.3 Å². The minimum absolute atomic E-state index is 0.0609. The third kappa shape index (κ3) is 3.62. The number of nitrogens with zero attached hydrogens (tertiary/aromatic N) is 1. The lowest BCUT2D eigenvalue weighted by Gasteiger charge is -2.13. The molecular weight excluding hydrogens is 268 g/mol. The number of hydrogen-bond donors (Lipinski definition) is 2. The fourth-order valence-electron chi connectivity index (χ4n) is 2.44. The number of nitrogens with one attached hydrogen (secondary N) is 1. The van der Waals surface area contributed by atoms with E-state index in [4.69, 9.17) is 5.11 Å². The molecule has 2 rings (SSSR count). The zero-order chi connectivity index (χ0) is 15.4. The van der Waals surface area contributed by atoms with E-state index in [-0.39, 0.29) is 24.1 Å². The number of aromatic carboxylic acids is 1.